The molecule has 4 aromatic rings. The van der Waals surface area contributed by atoms with E-state index in [0.29, 0.717) is 34.1 Å². The number of hydrogen-bond acceptors (Lipinski definition) is 7. The monoisotopic (exact) mass is 625 g/mol. The molecular formula is C35H35N3O6S. The van der Waals surface area contributed by atoms with Crippen LogP contribution in [0.2, 0.25) is 0 Å². The number of carbonyl (C=O) groups is 3. The van der Waals surface area contributed by atoms with Crippen LogP contribution in [0.4, 0.5) is 11.4 Å². The summed E-state index contributed by atoms with van der Waals surface area (Å²) in [6.07, 6.45) is 1.52. The molecule has 9 nitrogen and oxygen atoms in total. The van der Waals surface area contributed by atoms with Gasteiger partial charge in [-0.25, -0.2) is 0 Å². The fourth-order valence-electron chi connectivity index (χ4n) is 4.28. The maximum atomic E-state index is 13.6. The van der Waals surface area contributed by atoms with Crippen molar-refractivity contribution in [2.45, 2.75) is 24.0 Å². The lowest BCUT2D eigenvalue weighted by Crippen LogP contribution is -2.30. The number of rotatable bonds is 12. The van der Waals surface area contributed by atoms with Crippen molar-refractivity contribution in [3.8, 4) is 17.2 Å². The van der Waals surface area contributed by atoms with E-state index in [4.69, 9.17) is 14.2 Å². The Morgan fingerprint density at radius 2 is 1.42 bits per heavy atom. The highest BCUT2D eigenvalue weighted by atomic mass is 32.2. The number of carbonyl (C=O) groups excluding carboxylic acids is 3. The first-order valence-corrected chi connectivity index (χ1v) is 14.9. The molecule has 0 aliphatic heterocycles. The Labute approximate surface area is 267 Å². The summed E-state index contributed by atoms with van der Waals surface area (Å²) in [6.45, 7) is 3.80. The number of aryl methyl sites for hydroxylation is 1. The molecule has 0 aliphatic carbocycles. The zero-order chi connectivity index (χ0) is 32.3. The van der Waals surface area contributed by atoms with Gasteiger partial charge in [0.2, 0.25) is 11.7 Å². The van der Waals surface area contributed by atoms with E-state index in [0.717, 1.165) is 16.1 Å². The average molecular weight is 626 g/mol. The lowest BCUT2D eigenvalue weighted by molar-refractivity contribution is -0.115. The van der Waals surface area contributed by atoms with E-state index in [1.807, 2.05) is 44.2 Å². The maximum absolute atomic E-state index is 13.6. The average Bonchev–Trinajstić information content (AvgIpc) is 3.05. The SMILES string of the molecule is COc1cc(/C=C(/NC(=O)c2ccccc2)C(=O)Nc2cccc(SC(C)C(=O)Nc3ccc(C)cc3)c2)cc(OC)c1OC. The molecule has 1 atom stereocenters. The van der Waals surface area contributed by atoms with Gasteiger partial charge in [-0.1, -0.05) is 42.0 Å². The number of nitrogens with one attached hydrogen (secondary N) is 3. The van der Waals surface area contributed by atoms with Gasteiger partial charge in [0, 0.05) is 21.8 Å². The molecule has 0 bridgehead atoms. The summed E-state index contributed by atoms with van der Waals surface area (Å²) in [5.74, 6) is 0.0255. The van der Waals surface area contributed by atoms with Gasteiger partial charge in [0.1, 0.15) is 5.70 Å². The van der Waals surface area contributed by atoms with Gasteiger partial charge < -0.3 is 30.2 Å². The highest BCUT2D eigenvalue weighted by Crippen LogP contribution is 2.38. The first-order chi connectivity index (χ1) is 21.7. The third-order valence-corrected chi connectivity index (χ3v) is 7.71. The van der Waals surface area contributed by atoms with E-state index in [-0.39, 0.29) is 11.6 Å². The third kappa shape index (κ3) is 8.90. The number of thioether (sulfide) groups is 1. The largest absolute Gasteiger partial charge is 0.493 e. The Balaban J connectivity index is 1.56. The second-order valence-electron chi connectivity index (χ2n) is 9.93. The van der Waals surface area contributed by atoms with Crippen LogP contribution in [0.25, 0.3) is 6.08 Å². The second kappa shape index (κ2) is 15.5. The van der Waals surface area contributed by atoms with Crippen LogP contribution >= 0.6 is 11.8 Å². The van der Waals surface area contributed by atoms with E-state index >= 15 is 0 Å². The second-order valence-corrected chi connectivity index (χ2v) is 11.3. The quantitative estimate of drug-likeness (QED) is 0.121. The Bertz CT molecular complexity index is 1660. The van der Waals surface area contributed by atoms with Crippen molar-refractivity contribution in [2.75, 3.05) is 32.0 Å². The zero-order valence-corrected chi connectivity index (χ0v) is 26.5. The number of ether oxygens (including phenoxy) is 3. The fraction of sp³-hybridized carbons (Fsp3) is 0.171. The van der Waals surface area contributed by atoms with Crippen LogP contribution < -0.4 is 30.2 Å². The number of benzene rings is 4. The molecule has 0 aliphatic rings. The minimum atomic E-state index is -0.555. The van der Waals surface area contributed by atoms with Crippen molar-refractivity contribution in [1.29, 1.82) is 0 Å². The van der Waals surface area contributed by atoms with Gasteiger partial charge in [-0.3, -0.25) is 14.4 Å². The molecule has 45 heavy (non-hydrogen) atoms. The molecule has 0 heterocycles. The van der Waals surface area contributed by atoms with Crippen molar-refractivity contribution in [3.05, 3.63) is 113 Å². The number of amides is 3. The predicted octanol–water partition coefficient (Wildman–Crippen LogP) is 6.55. The normalized spacial score (nSPS) is 11.6. The molecule has 3 N–H and O–H groups in total. The summed E-state index contributed by atoms with van der Waals surface area (Å²) in [7, 11) is 4.49. The molecule has 0 fully saturated rings. The molecule has 4 rings (SSSR count). The summed E-state index contributed by atoms with van der Waals surface area (Å²) in [5.41, 5.74) is 3.22. The highest BCUT2D eigenvalue weighted by molar-refractivity contribution is 8.00. The summed E-state index contributed by atoms with van der Waals surface area (Å²) in [5, 5.41) is 8.12. The minimum Gasteiger partial charge on any atom is -0.493 e. The van der Waals surface area contributed by atoms with Crippen LogP contribution in [0.5, 0.6) is 17.2 Å². The van der Waals surface area contributed by atoms with Crippen LogP contribution in [0, 0.1) is 6.92 Å². The van der Waals surface area contributed by atoms with Crippen LogP contribution in [0.1, 0.15) is 28.4 Å². The number of methoxy groups -OCH3 is 3. The van der Waals surface area contributed by atoms with Gasteiger partial charge >= 0.3 is 0 Å². The van der Waals surface area contributed by atoms with Crippen LogP contribution in [-0.2, 0) is 9.59 Å². The van der Waals surface area contributed by atoms with Gasteiger partial charge in [0.05, 0.1) is 26.6 Å². The van der Waals surface area contributed by atoms with Crippen molar-refractivity contribution in [2.24, 2.45) is 0 Å². The molecule has 10 heteroatoms. The van der Waals surface area contributed by atoms with Gasteiger partial charge in [-0.2, -0.15) is 0 Å². The Kier molecular flexibility index (Phi) is 11.3. The van der Waals surface area contributed by atoms with Crippen molar-refractivity contribution >= 4 is 46.9 Å². The van der Waals surface area contributed by atoms with Crippen molar-refractivity contribution in [3.63, 3.8) is 0 Å². The maximum Gasteiger partial charge on any atom is 0.272 e. The predicted molar refractivity (Wildman–Crippen MR) is 178 cm³/mol. The Hall–Kier alpha value is -5.22. The standard InChI is InChI=1S/C35H35N3O6S/c1-22-14-16-26(17-15-22)36-33(39)23(2)45-28-13-9-12-27(21-28)37-35(41)29(38-34(40)25-10-7-6-8-11-25)18-24-19-30(42-3)32(44-5)31(20-24)43-4/h6-21,23H,1-5H3,(H,36,39)(H,37,41)(H,38,40)/b29-18+. The van der Waals surface area contributed by atoms with Gasteiger partial charge in [0.15, 0.2) is 11.5 Å². The Morgan fingerprint density at radius 1 is 0.756 bits per heavy atom. The van der Waals surface area contributed by atoms with E-state index < -0.39 is 17.1 Å². The third-order valence-electron chi connectivity index (χ3n) is 6.62. The zero-order valence-electron chi connectivity index (χ0n) is 25.7. The van der Waals surface area contributed by atoms with Crippen molar-refractivity contribution in [1.82, 2.24) is 5.32 Å². The van der Waals surface area contributed by atoms with Crippen molar-refractivity contribution < 1.29 is 28.6 Å². The molecule has 232 valence electrons. The molecule has 0 spiro atoms. The summed E-state index contributed by atoms with van der Waals surface area (Å²) in [4.78, 5) is 40.3. The van der Waals surface area contributed by atoms with Crippen LogP contribution in [-0.4, -0.2) is 44.3 Å². The molecule has 0 aromatic heterocycles. The Morgan fingerprint density at radius 3 is 2.04 bits per heavy atom. The molecule has 0 radical (unpaired) electrons. The molecule has 0 saturated heterocycles. The molecule has 0 saturated carbocycles. The van der Waals surface area contributed by atoms with Gasteiger partial charge in [-0.15, -0.1) is 11.8 Å². The number of anilines is 2. The smallest absolute Gasteiger partial charge is 0.272 e. The van der Waals surface area contributed by atoms with Gasteiger partial charge in [0.25, 0.3) is 11.8 Å². The van der Waals surface area contributed by atoms with E-state index in [1.54, 1.807) is 60.7 Å². The topological polar surface area (TPSA) is 115 Å². The van der Waals surface area contributed by atoms with E-state index in [1.165, 1.54) is 39.2 Å². The van der Waals surface area contributed by atoms with E-state index in [2.05, 4.69) is 16.0 Å². The number of hydrogen-bond donors (Lipinski definition) is 3. The molecule has 3 amide bonds. The first-order valence-electron chi connectivity index (χ1n) is 14.0. The first kappa shape index (κ1) is 32.7. The van der Waals surface area contributed by atoms with Crippen LogP contribution in [0.15, 0.2) is 102 Å². The van der Waals surface area contributed by atoms with E-state index in [9.17, 15) is 14.4 Å². The highest BCUT2D eigenvalue weighted by Gasteiger charge is 2.19. The summed E-state index contributed by atoms with van der Waals surface area (Å²) in [6, 6.07) is 26.7. The summed E-state index contributed by atoms with van der Waals surface area (Å²) < 4.78 is 16.3. The summed E-state index contributed by atoms with van der Waals surface area (Å²) >= 11 is 1.36. The van der Waals surface area contributed by atoms with Crippen LogP contribution in [0.3, 0.4) is 0 Å². The molecule has 4 aromatic carbocycles. The lowest BCUT2D eigenvalue weighted by Gasteiger charge is -2.15. The lowest BCUT2D eigenvalue weighted by atomic mass is 10.1. The molecular weight excluding hydrogens is 590 g/mol. The fourth-order valence-corrected chi connectivity index (χ4v) is 5.20. The minimum absolute atomic E-state index is 0.0120. The molecule has 1 unspecified atom stereocenters. The van der Waals surface area contributed by atoms with Gasteiger partial charge in [-0.05, 0) is 80.1 Å².